The van der Waals surface area contributed by atoms with Crippen molar-refractivity contribution in [2.24, 2.45) is 0 Å². The molecular weight excluding hydrogens is 363 g/mol. The van der Waals surface area contributed by atoms with E-state index >= 15 is 0 Å². The summed E-state index contributed by atoms with van der Waals surface area (Å²) in [6.45, 7) is -0.526. The van der Waals surface area contributed by atoms with E-state index < -0.39 is 37.3 Å². The van der Waals surface area contributed by atoms with E-state index in [1.807, 2.05) is 0 Å². The summed E-state index contributed by atoms with van der Waals surface area (Å²) in [5, 5.41) is 44.7. The minimum absolute atomic E-state index is 0. The van der Waals surface area contributed by atoms with Gasteiger partial charge in [0.15, 0.2) is 6.29 Å². The van der Waals surface area contributed by atoms with E-state index in [9.17, 15) is 0 Å². The van der Waals surface area contributed by atoms with Crippen molar-refractivity contribution in [3.8, 4) is 0 Å². The predicted molar refractivity (Wildman–Crippen MR) is 36.0 cm³/mol. The number of ether oxygens (including phenoxy) is 1. The van der Waals surface area contributed by atoms with Gasteiger partial charge >= 0.3 is 0 Å². The maximum absolute atomic E-state index is 9.12. The molecule has 5 atom stereocenters. The van der Waals surface area contributed by atoms with Crippen LogP contribution in [-0.2, 0) is 25.8 Å². The van der Waals surface area contributed by atoms with E-state index in [0.29, 0.717) is 0 Å². The maximum Gasteiger partial charge on any atom is 0.184 e. The van der Waals surface area contributed by atoms with Gasteiger partial charge in [-0.3, -0.25) is 0 Å². The topological polar surface area (TPSA) is 110 Å². The summed E-state index contributed by atoms with van der Waals surface area (Å²) < 4.78 is 4.58. The molecule has 6 nitrogen and oxygen atoms in total. The van der Waals surface area contributed by atoms with Gasteiger partial charge in [0, 0.05) is 21.1 Å². The molecule has 1 heterocycles. The second-order valence-corrected chi connectivity index (χ2v) is 2.72. The average Bonchev–Trinajstić information content (AvgIpc) is 2.08. The Morgan fingerprint density at radius 1 is 0.923 bits per heavy atom. The van der Waals surface area contributed by atoms with E-state index in [0.717, 1.165) is 0 Å². The van der Waals surface area contributed by atoms with Gasteiger partial charge in [0.2, 0.25) is 0 Å². The van der Waals surface area contributed by atoms with Crippen molar-refractivity contribution < 1.29 is 51.3 Å². The standard InChI is InChI=1S/C6H12O6.Pt/c7-1-2-3(8)4(9)5(10)6(11)12-2;/h2-11H,1H2;/t2-,3-,4+,5-,6?;/m1./s1. The molecule has 5 N–H and O–H groups in total. The van der Waals surface area contributed by atoms with Gasteiger partial charge in [0.25, 0.3) is 0 Å². The van der Waals surface area contributed by atoms with Crippen LogP contribution in [0, 0.1) is 0 Å². The monoisotopic (exact) mass is 375 g/mol. The van der Waals surface area contributed by atoms with Crippen molar-refractivity contribution in [3.05, 3.63) is 0 Å². The van der Waals surface area contributed by atoms with Crippen molar-refractivity contribution >= 4 is 0 Å². The number of hydrogen-bond donors (Lipinski definition) is 5. The van der Waals surface area contributed by atoms with E-state index in [1.165, 1.54) is 0 Å². The Labute approximate surface area is 89.0 Å². The first-order valence-electron chi connectivity index (χ1n) is 3.56. The molecule has 13 heavy (non-hydrogen) atoms. The van der Waals surface area contributed by atoms with Crippen LogP contribution in [0.3, 0.4) is 0 Å². The predicted octanol–water partition coefficient (Wildman–Crippen LogP) is -3.22. The van der Waals surface area contributed by atoms with Crippen LogP contribution in [0.2, 0.25) is 0 Å². The van der Waals surface area contributed by atoms with E-state index in [2.05, 4.69) is 4.74 Å². The second-order valence-electron chi connectivity index (χ2n) is 2.72. The molecule has 0 radical (unpaired) electrons. The molecule has 0 spiro atoms. The summed E-state index contributed by atoms with van der Waals surface area (Å²) >= 11 is 0. The number of hydrogen-bond acceptors (Lipinski definition) is 6. The van der Waals surface area contributed by atoms with Crippen LogP contribution in [0.4, 0.5) is 0 Å². The van der Waals surface area contributed by atoms with Gasteiger partial charge in [-0.15, -0.1) is 0 Å². The first kappa shape index (κ1) is 13.4. The summed E-state index contributed by atoms with van der Waals surface area (Å²) in [5.74, 6) is 0. The molecule has 1 saturated heterocycles. The minimum atomic E-state index is -1.57. The Kier molecular flexibility index (Phi) is 5.54. The molecule has 82 valence electrons. The zero-order valence-corrected chi connectivity index (χ0v) is 8.83. The van der Waals surface area contributed by atoms with Crippen LogP contribution in [0.1, 0.15) is 0 Å². The molecule has 0 saturated carbocycles. The van der Waals surface area contributed by atoms with E-state index in [1.54, 1.807) is 0 Å². The fourth-order valence-electron chi connectivity index (χ4n) is 1.08. The normalized spacial score (nSPS) is 45.5. The SMILES string of the molecule is OC[C@H]1OC(O)[C@H](O)[C@@H](O)[C@@H]1O.[Pt]. The average molecular weight is 375 g/mol. The smallest absolute Gasteiger partial charge is 0.184 e. The zero-order chi connectivity index (χ0) is 9.30. The maximum atomic E-state index is 9.12. The van der Waals surface area contributed by atoms with Gasteiger partial charge in [-0.2, -0.15) is 0 Å². The molecule has 0 aromatic rings. The van der Waals surface area contributed by atoms with E-state index in [-0.39, 0.29) is 21.1 Å². The number of aliphatic hydroxyl groups excluding tert-OH is 5. The summed E-state index contributed by atoms with van der Waals surface area (Å²) in [6, 6.07) is 0. The van der Waals surface area contributed by atoms with Crippen LogP contribution in [0.15, 0.2) is 0 Å². The molecule has 7 heteroatoms. The van der Waals surface area contributed by atoms with Crippen LogP contribution >= 0.6 is 0 Å². The van der Waals surface area contributed by atoms with E-state index in [4.69, 9.17) is 25.5 Å². The summed E-state index contributed by atoms with van der Waals surface area (Å²) in [6.07, 6.45) is -7.04. The number of rotatable bonds is 1. The third-order valence-electron chi connectivity index (χ3n) is 1.87. The first-order chi connectivity index (χ1) is 5.57. The molecule has 1 fully saturated rings. The Balaban J connectivity index is 0.00000144. The molecule has 0 aromatic heterocycles. The van der Waals surface area contributed by atoms with Crippen molar-refractivity contribution in [2.45, 2.75) is 30.7 Å². The van der Waals surface area contributed by atoms with Crippen molar-refractivity contribution in [1.29, 1.82) is 0 Å². The number of aliphatic hydroxyl groups is 5. The van der Waals surface area contributed by atoms with Gasteiger partial charge in [0.05, 0.1) is 6.61 Å². The van der Waals surface area contributed by atoms with Crippen LogP contribution in [-0.4, -0.2) is 62.8 Å². The Morgan fingerprint density at radius 2 is 1.46 bits per heavy atom. The second kappa shape index (κ2) is 5.36. The van der Waals surface area contributed by atoms with Crippen molar-refractivity contribution in [1.82, 2.24) is 0 Å². The van der Waals surface area contributed by atoms with Crippen molar-refractivity contribution in [2.75, 3.05) is 6.61 Å². The molecule has 0 bridgehead atoms. The summed E-state index contributed by atoms with van der Waals surface area (Å²) in [4.78, 5) is 0. The van der Waals surface area contributed by atoms with Crippen LogP contribution < -0.4 is 0 Å². The van der Waals surface area contributed by atoms with Crippen molar-refractivity contribution in [3.63, 3.8) is 0 Å². The molecule has 1 aliphatic rings. The quantitative estimate of drug-likeness (QED) is 0.330. The Bertz CT molecular complexity index is 151. The minimum Gasteiger partial charge on any atom is -0.394 e. The Morgan fingerprint density at radius 3 is 1.92 bits per heavy atom. The van der Waals surface area contributed by atoms with Gasteiger partial charge < -0.3 is 30.3 Å². The van der Waals surface area contributed by atoms with Crippen LogP contribution in [0.25, 0.3) is 0 Å². The van der Waals surface area contributed by atoms with Gasteiger partial charge in [-0.1, -0.05) is 0 Å². The molecule has 1 unspecified atom stereocenters. The third kappa shape index (κ3) is 2.70. The summed E-state index contributed by atoms with van der Waals surface area (Å²) in [5.41, 5.74) is 0. The fraction of sp³-hybridized carbons (Fsp3) is 1.00. The molecule has 0 amide bonds. The third-order valence-corrected chi connectivity index (χ3v) is 1.87. The first-order valence-corrected chi connectivity index (χ1v) is 3.56. The Hall–Kier alpha value is 0.448. The van der Waals surface area contributed by atoms with Gasteiger partial charge in [-0.05, 0) is 0 Å². The molecule has 1 rings (SSSR count). The molecule has 1 aliphatic heterocycles. The molecule has 0 aliphatic carbocycles. The zero-order valence-electron chi connectivity index (χ0n) is 6.55. The molecular formula is C6H12O6Pt. The molecule has 0 aromatic carbocycles. The van der Waals surface area contributed by atoms with Gasteiger partial charge in [-0.25, -0.2) is 0 Å². The fourth-order valence-corrected chi connectivity index (χ4v) is 1.08. The van der Waals surface area contributed by atoms with Crippen LogP contribution in [0.5, 0.6) is 0 Å². The summed E-state index contributed by atoms with van der Waals surface area (Å²) in [7, 11) is 0. The largest absolute Gasteiger partial charge is 0.394 e. The van der Waals surface area contributed by atoms with Gasteiger partial charge in [0.1, 0.15) is 24.4 Å².